The summed E-state index contributed by atoms with van der Waals surface area (Å²) >= 11 is 5.54. The Bertz CT molecular complexity index is 315. The van der Waals surface area contributed by atoms with Gasteiger partial charge < -0.3 is 5.11 Å². The Labute approximate surface area is 96.9 Å². The van der Waals surface area contributed by atoms with Crippen LogP contribution < -0.4 is 5.32 Å². The first kappa shape index (κ1) is 13.2. The number of hydrogen-bond donors (Lipinski definition) is 2. The topological polar surface area (TPSA) is 32.3 Å². The lowest BCUT2D eigenvalue weighted by Gasteiger charge is -2.41. The van der Waals surface area contributed by atoms with Crippen molar-refractivity contribution in [3.8, 4) is 0 Å². The van der Waals surface area contributed by atoms with Crippen molar-refractivity contribution in [2.75, 3.05) is 0 Å². The summed E-state index contributed by atoms with van der Waals surface area (Å²) in [6.07, 6.45) is -12.9. The van der Waals surface area contributed by atoms with Crippen molar-refractivity contribution >= 4 is 11.6 Å². The Balaban J connectivity index is 2.48. The van der Waals surface area contributed by atoms with Crippen LogP contribution in [-0.4, -0.2) is 40.5 Å². The summed E-state index contributed by atoms with van der Waals surface area (Å²) in [7, 11) is 0. The highest BCUT2D eigenvalue weighted by molar-refractivity contribution is 6.22. The summed E-state index contributed by atoms with van der Waals surface area (Å²) < 4.78 is 76.5. The lowest BCUT2D eigenvalue weighted by atomic mass is 9.82. The van der Waals surface area contributed by atoms with E-state index in [-0.39, 0.29) is 0 Å². The van der Waals surface area contributed by atoms with Crippen LogP contribution in [-0.2, 0) is 0 Å². The van der Waals surface area contributed by atoms with Crippen molar-refractivity contribution in [2.45, 2.75) is 41.8 Å². The number of aliphatic hydroxyl groups excluding tert-OH is 1. The molecule has 1 aliphatic heterocycles. The van der Waals surface area contributed by atoms with E-state index in [0.717, 1.165) is 0 Å². The number of halogens is 7. The molecule has 2 rings (SSSR count). The van der Waals surface area contributed by atoms with Gasteiger partial charge in [0.15, 0.2) is 0 Å². The molecule has 1 unspecified atom stereocenters. The van der Waals surface area contributed by atoms with Gasteiger partial charge in [0.25, 0.3) is 0 Å². The molecule has 4 atom stereocenters. The molecule has 0 aromatic rings. The van der Waals surface area contributed by atoms with E-state index >= 15 is 0 Å². The summed E-state index contributed by atoms with van der Waals surface area (Å²) in [4.78, 5) is 0. The molecular formula is C8H8ClF6NO. The van der Waals surface area contributed by atoms with Crippen LogP contribution >= 0.6 is 11.6 Å². The minimum Gasteiger partial charge on any atom is -0.391 e. The predicted molar refractivity (Wildman–Crippen MR) is 45.5 cm³/mol. The van der Waals surface area contributed by atoms with E-state index in [1.807, 2.05) is 0 Å². The standard InChI is InChI=1S/C8H8ClF6NO/c9-4-2-1-3(17)5(4)16-6(2,7(10,11)12)8(13,14)15/h2-5,16-17H,1H2/t2-,3-,4?,5+/m1/s1. The molecule has 0 aromatic carbocycles. The predicted octanol–water partition coefficient (Wildman–Crippen LogP) is 1.81. The van der Waals surface area contributed by atoms with Gasteiger partial charge in [-0.25, -0.2) is 0 Å². The van der Waals surface area contributed by atoms with E-state index in [1.165, 1.54) is 5.32 Å². The van der Waals surface area contributed by atoms with Crippen molar-refractivity contribution in [1.82, 2.24) is 5.32 Å². The fourth-order valence-electron chi connectivity index (χ4n) is 2.71. The van der Waals surface area contributed by atoms with Crippen LogP contribution in [0, 0.1) is 5.92 Å². The van der Waals surface area contributed by atoms with Crippen LogP contribution in [0.15, 0.2) is 0 Å². The first-order valence-corrected chi connectivity index (χ1v) is 5.19. The molecular weight excluding hydrogens is 276 g/mol. The quantitative estimate of drug-likeness (QED) is 0.525. The molecule has 2 aliphatic rings. The highest BCUT2D eigenvalue weighted by Crippen LogP contribution is 2.58. The molecule has 1 heterocycles. The van der Waals surface area contributed by atoms with Gasteiger partial charge in [-0.3, -0.25) is 5.32 Å². The smallest absolute Gasteiger partial charge is 0.391 e. The van der Waals surface area contributed by atoms with E-state index in [2.05, 4.69) is 0 Å². The molecule has 2 nitrogen and oxygen atoms in total. The number of piperidine rings is 1. The van der Waals surface area contributed by atoms with E-state index in [0.29, 0.717) is 0 Å². The van der Waals surface area contributed by atoms with Crippen LogP contribution in [0.4, 0.5) is 26.3 Å². The van der Waals surface area contributed by atoms with Crippen LogP contribution in [0.1, 0.15) is 6.42 Å². The van der Waals surface area contributed by atoms with Gasteiger partial charge in [0, 0.05) is 5.92 Å². The van der Waals surface area contributed by atoms with Crippen molar-refractivity contribution in [3.05, 3.63) is 0 Å². The van der Waals surface area contributed by atoms with Crippen molar-refractivity contribution in [3.63, 3.8) is 0 Å². The van der Waals surface area contributed by atoms with Gasteiger partial charge in [-0.1, -0.05) is 0 Å². The van der Waals surface area contributed by atoms with E-state index < -0.39 is 47.8 Å². The number of fused-ring (bicyclic) bond motifs is 2. The summed E-state index contributed by atoms with van der Waals surface area (Å²) in [6.45, 7) is 0. The summed E-state index contributed by atoms with van der Waals surface area (Å²) in [5, 5.41) is 9.34. The lowest BCUT2D eigenvalue weighted by Crippen LogP contribution is -2.70. The fourth-order valence-corrected chi connectivity index (χ4v) is 3.23. The number of alkyl halides is 7. The van der Waals surface area contributed by atoms with E-state index in [1.54, 1.807) is 0 Å². The third kappa shape index (κ3) is 1.50. The van der Waals surface area contributed by atoms with Gasteiger partial charge >= 0.3 is 12.4 Å². The zero-order valence-electron chi connectivity index (χ0n) is 8.11. The second kappa shape index (κ2) is 3.42. The van der Waals surface area contributed by atoms with Crippen molar-refractivity contribution in [1.29, 1.82) is 0 Å². The Kier molecular flexibility index (Phi) is 2.66. The molecule has 0 amide bonds. The fraction of sp³-hybridized carbons (Fsp3) is 1.00. The Morgan fingerprint density at radius 3 is 1.82 bits per heavy atom. The maximum absolute atomic E-state index is 12.7. The molecule has 2 bridgehead atoms. The monoisotopic (exact) mass is 283 g/mol. The zero-order chi connectivity index (χ0) is 13.2. The SMILES string of the molecule is O[C@@H]1C[C@@H]2C(Cl)[C@H]1NC2(C(F)(F)F)C(F)(F)F. The highest BCUT2D eigenvalue weighted by atomic mass is 35.5. The molecule has 0 aromatic heterocycles. The molecule has 0 radical (unpaired) electrons. The first-order valence-electron chi connectivity index (χ1n) is 4.75. The lowest BCUT2D eigenvalue weighted by molar-refractivity contribution is -0.320. The number of aliphatic hydroxyl groups is 1. The summed E-state index contributed by atoms with van der Waals surface area (Å²) in [6, 6.07) is -1.38. The summed E-state index contributed by atoms with van der Waals surface area (Å²) in [5.74, 6) is -1.90. The molecule has 1 saturated heterocycles. The molecule has 17 heavy (non-hydrogen) atoms. The van der Waals surface area contributed by atoms with Crippen molar-refractivity contribution < 1.29 is 31.4 Å². The minimum atomic E-state index is -5.50. The second-order valence-corrected chi connectivity index (χ2v) is 4.83. The largest absolute Gasteiger partial charge is 0.415 e. The van der Waals surface area contributed by atoms with Crippen molar-refractivity contribution in [2.24, 2.45) is 5.92 Å². The molecule has 2 fully saturated rings. The van der Waals surface area contributed by atoms with E-state index in [4.69, 9.17) is 11.6 Å². The average Bonchev–Trinajstić information content (AvgIpc) is 2.53. The Morgan fingerprint density at radius 2 is 1.59 bits per heavy atom. The highest BCUT2D eigenvalue weighted by Gasteiger charge is 2.81. The zero-order valence-corrected chi connectivity index (χ0v) is 8.87. The average molecular weight is 284 g/mol. The molecule has 1 saturated carbocycles. The maximum Gasteiger partial charge on any atom is 0.415 e. The van der Waals surface area contributed by atoms with Gasteiger partial charge in [0.1, 0.15) is 0 Å². The molecule has 9 heteroatoms. The second-order valence-electron chi connectivity index (χ2n) is 4.33. The minimum absolute atomic E-state index is 0.606. The molecule has 1 aliphatic carbocycles. The number of nitrogens with one attached hydrogen (secondary N) is 1. The third-order valence-electron chi connectivity index (χ3n) is 3.48. The number of rotatable bonds is 0. The Hall–Kier alpha value is -0.210. The van der Waals surface area contributed by atoms with Gasteiger partial charge in [0.2, 0.25) is 5.54 Å². The van der Waals surface area contributed by atoms with Crippen LogP contribution in [0.2, 0.25) is 0 Å². The van der Waals surface area contributed by atoms with E-state index in [9.17, 15) is 31.4 Å². The molecule has 100 valence electrons. The van der Waals surface area contributed by atoms with Crippen LogP contribution in [0.25, 0.3) is 0 Å². The first-order chi connectivity index (χ1) is 7.52. The molecule has 0 spiro atoms. The molecule has 2 N–H and O–H groups in total. The van der Waals surface area contributed by atoms with Gasteiger partial charge in [0.05, 0.1) is 17.5 Å². The normalized spacial score (nSPS) is 40.9. The van der Waals surface area contributed by atoms with Gasteiger partial charge in [-0.2, -0.15) is 26.3 Å². The van der Waals surface area contributed by atoms with Crippen LogP contribution in [0.5, 0.6) is 0 Å². The third-order valence-corrected chi connectivity index (χ3v) is 4.06. The Morgan fingerprint density at radius 1 is 1.12 bits per heavy atom. The van der Waals surface area contributed by atoms with Gasteiger partial charge in [-0.05, 0) is 6.42 Å². The maximum atomic E-state index is 12.7. The summed E-state index contributed by atoms with van der Waals surface area (Å²) in [5.41, 5.74) is -4.00. The van der Waals surface area contributed by atoms with Gasteiger partial charge in [-0.15, -0.1) is 11.6 Å². The number of hydrogen-bond acceptors (Lipinski definition) is 2. The van der Waals surface area contributed by atoms with Crippen LogP contribution in [0.3, 0.4) is 0 Å².